The van der Waals surface area contributed by atoms with E-state index in [2.05, 4.69) is 17.4 Å². The lowest BCUT2D eigenvalue weighted by atomic mass is 9.99. The molecule has 1 rings (SSSR count). The fourth-order valence-electron chi connectivity index (χ4n) is 1.78. The molecule has 0 heterocycles. The van der Waals surface area contributed by atoms with Crippen molar-refractivity contribution >= 4 is 5.97 Å². The number of hydrogen-bond donors (Lipinski definition) is 2. The molecule has 94 valence electrons. The Bertz CT molecular complexity index is 337. The number of nitrogens with one attached hydrogen (secondary N) is 1. The topological polar surface area (TPSA) is 49.3 Å². The Morgan fingerprint density at radius 1 is 1.35 bits per heavy atom. The van der Waals surface area contributed by atoms with Crippen molar-refractivity contribution in [3.05, 3.63) is 35.9 Å². The van der Waals surface area contributed by atoms with Crippen molar-refractivity contribution in [1.29, 1.82) is 0 Å². The fraction of sp³-hybridized carbons (Fsp3) is 0.500. The van der Waals surface area contributed by atoms with Gasteiger partial charge in [0.25, 0.3) is 0 Å². The van der Waals surface area contributed by atoms with Gasteiger partial charge in [-0.25, -0.2) is 0 Å². The Labute approximate surface area is 103 Å². The number of rotatable bonds is 7. The zero-order valence-electron chi connectivity index (χ0n) is 10.5. The normalized spacial score (nSPS) is 14.2. The first-order valence-corrected chi connectivity index (χ1v) is 6.15. The van der Waals surface area contributed by atoms with Crippen molar-refractivity contribution in [3.63, 3.8) is 0 Å². The maximum absolute atomic E-state index is 11.1. The first-order chi connectivity index (χ1) is 8.15. The van der Waals surface area contributed by atoms with Crippen LogP contribution in [-0.2, 0) is 11.2 Å². The van der Waals surface area contributed by atoms with Gasteiger partial charge in [-0.2, -0.15) is 0 Å². The van der Waals surface area contributed by atoms with Crippen LogP contribution in [-0.4, -0.2) is 23.7 Å². The van der Waals surface area contributed by atoms with E-state index in [0.717, 1.165) is 12.8 Å². The van der Waals surface area contributed by atoms with Crippen LogP contribution in [0.1, 0.15) is 25.8 Å². The summed E-state index contributed by atoms with van der Waals surface area (Å²) in [6.07, 6.45) is 1.73. The van der Waals surface area contributed by atoms with Crippen molar-refractivity contribution in [2.24, 2.45) is 5.92 Å². The maximum atomic E-state index is 11.1. The van der Waals surface area contributed by atoms with Crippen molar-refractivity contribution < 1.29 is 9.90 Å². The molecule has 0 saturated heterocycles. The Morgan fingerprint density at radius 3 is 2.53 bits per heavy atom. The molecule has 0 aliphatic heterocycles. The van der Waals surface area contributed by atoms with Crippen LogP contribution in [0.15, 0.2) is 30.3 Å². The molecule has 0 aliphatic carbocycles. The number of carboxylic acids is 1. The Balaban J connectivity index is 2.40. The summed E-state index contributed by atoms with van der Waals surface area (Å²) in [5, 5.41) is 12.2. The third-order valence-electron chi connectivity index (χ3n) is 3.10. The van der Waals surface area contributed by atoms with Crippen molar-refractivity contribution in [1.82, 2.24) is 5.32 Å². The Hall–Kier alpha value is -1.35. The van der Waals surface area contributed by atoms with Gasteiger partial charge in [-0.3, -0.25) is 4.79 Å². The summed E-state index contributed by atoms with van der Waals surface area (Å²) < 4.78 is 0. The summed E-state index contributed by atoms with van der Waals surface area (Å²) in [6.45, 7) is 4.68. The molecule has 3 heteroatoms. The van der Waals surface area contributed by atoms with E-state index in [0.29, 0.717) is 6.54 Å². The fourth-order valence-corrected chi connectivity index (χ4v) is 1.78. The summed E-state index contributed by atoms with van der Waals surface area (Å²) in [4.78, 5) is 11.1. The molecule has 2 N–H and O–H groups in total. The molecule has 3 nitrogen and oxygen atoms in total. The molecular weight excluding hydrogens is 214 g/mol. The molecule has 0 spiro atoms. The van der Waals surface area contributed by atoms with Crippen LogP contribution in [0, 0.1) is 5.92 Å². The first-order valence-electron chi connectivity index (χ1n) is 6.15. The largest absolute Gasteiger partial charge is 0.480 e. The van der Waals surface area contributed by atoms with Crippen LogP contribution in [0.4, 0.5) is 0 Å². The third kappa shape index (κ3) is 4.57. The first kappa shape index (κ1) is 13.7. The lowest BCUT2D eigenvalue weighted by Gasteiger charge is -2.20. The van der Waals surface area contributed by atoms with Crippen LogP contribution in [0.3, 0.4) is 0 Å². The molecule has 2 unspecified atom stereocenters. The molecule has 1 aromatic carbocycles. The van der Waals surface area contributed by atoms with E-state index < -0.39 is 12.0 Å². The number of benzene rings is 1. The van der Waals surface area contributed by atoms with Crippen LogP contribution in [0.2, 0.25) is 0 Å². The molecule has 0 aliphatic rings. The van der Waals surface area contributed by atoms with Gasteiger partial charge in [0.05, 0.1) is 0 Å². The third-order valence-corrected chi connectivity index (χ3v) is 3.10. The number of aliphatic carboxylic acids is 1. The van der Waals surface area contributed by atoms with Crippen LogP contribution < -0.4 is 5.32 Å². The van der Waals surface area contributed by atoms with Gasteiger partial charge in [-0.15, -0.1) is 0 Å². The maximum Gasteiger partial charge on any atom is 0.320 e. The zero-order valence-corrected chi connectivity index (χ0v) is 10.5. The second-order valence-corrected chi connectivity index (χ2v) is 4.39. The monoisotopic (exact) mass is 235 g/mol. The minimum Gasteiger partial charge on any atom is -0.480 e. The van der Waals surface area contributed by atoms with Gasteiger partial charge >= 0.3 is 5.97 Å². The number of hydrogen-bond acceptors (Lipinski definition) is 2. The van der Waals surface area contributed by atoms with Gasteiger partial charge < -0.3 is 10.4 Å². The van der Waals surface area contributed by atoms with E-state index in [1.807, 2.05) is 32.0 Å². The van der Waals surface area contributed by atoms with Gasteiger partial charge in [0.1, 0.15) is 6.04 Å². The predicted molar refractivity (Wildman–Crippen MR) is 69.0 cm³/mol. The van der Waals surface area contributed by atoms with Crippen LogP contribution in [0.5, 0.6) is 0 Å². The second-order valence-electron chi connectivity index (χ2n) is 4.39. The van der Waals surface area contributed by atoms with Gasteiger partial charge in [-0.05, 0) is 24.4 Å². The highest BCUT2D eigenvalue weighted by Gasteiger charge is 2.22. The standard InChI is InChI=1S/C14H21NO2/c1-3-11(2)13(14(16)17)15-10-9-12-7-5-4-6-8-12/h4-8,11,13,15H,3,9-10H2,1-2H3,(H,16,17). The molecule has 17 heavy (non-hydrogen) atoms. The van der Waals surface area contributed by atoms with Gasteiger partial charge in [0.15, 0.2) is 0 Å². The van der Waals surface area contributed by atoms with Gasteiger partial charge in [-0.1, -0.05) is 50.6 Å². The second kappa shape index (κ2) is 7.07. The summed E-state index contributed by atoms with van der Waals surface area (Å²) in [7, 11) is 0. The average Bonchev–Trinajstić information content (AvgIpc) is 2.34. The highest BCUT2D eigenvalue weighted by Crippen LogP contribution is 2.08. The zero-order chi connectivity index (χ0) is 12.7. The molecule has 0 aromatic heterocycles. The van der Waals surface area contributed by atoms with Crippen molar-refractivity contribution in [2.75, 3.05) is 6.54 Å². The molecule has 0 fully saturated rings. The van der Waals surface area contributed by atoms with E-state index in [4.69, 9.17) is 5.11 Å². The summed E-state index contributed by atoms with van der Waals surface area (Å²) >= 11 is 0. The lowest BCUT2D eigenvalue weighted by Crippen LogP contribution is -2.42. The molecule has 1 aromatic rings. The highest BCUT2D eigenvalue weighted by atomic mass is 16.4. The Kier molecular flexibility index (Phi) is 5.70. The van der Waals surface area contributed by atoms with E-state index in [9.17, 15) is 4.79 Å². The summed E-state index contributed by atoms with van der Waals surface area (Å²) in [5.74, 6) is -0.601. The van der Waals surface area contributed by atoms with E-state index in [-0.39, 0.29) is 5.92 Å². The predicted octanol–water partition coefficient (Wildman–Crippen LogP) is 2.32. The molecule has 0 amide bonds. The van der Waals surface area contributed by atoms with Gasteiger partial charge in [0.2, 0.25) is 0 Å². The van der Waals surface area contributed by atoms with E-state index in [1.165, 1.54) is 5.56 Å². The molecular formula is C14H21NO2. The van der Waals surface area contributed by atoms with Crippen LogP contribution >= 0.6 is 0 Å². The minimum absolute atomic E-state index is 0.156. The highest BCUT2D eigenvalue weighted by molar-refractivity contribution is 5.73. The molecule has 0 radical (unpaired) electrons. The lowest BCUT2D eigenvalue weighted by molar-refractivity contribution is -0.140. The molecule has 0 bridgehead atoms. The molecule has 0 saturated carbocycles. The van der Waals surface area contributed by atoms with Crippen LogP contribution in [0.25, 0.3) is 0 Å². The SMILES string of the molecule is CCC(C)C(NCCc1ccccc1)C(=O)O. The Morgan fingerprint density at radius 2 is 2.00 bits per heavy atom. The number of carboxylic acid groups (broad SMARTS) is 1. The van der Waals surface area contributed by atoms with E-state index >= 15 is 0 Å². The number of carbonyl (C=O) groups is 1. The van der Waals surface area contributed by atoms with Crippen molar-refractivity contribution in [3.8, 4) is 0 Å². The smallest absolute Gasteiger partial charge is 0.320 e. The van der Waals surface area contributed by atoms with E-state index in [1.54, 1.807) is 0 Å². The quantitative estimate of drug-likeness (QED) is 0.762. The molecule has 2 atom stereocenters. The van der Waals surface area contributed by atoms with Crippen molar-refractivity contribution in [2.45, 2.75) is 32.7 Å². The average molecular weight is 235 g/mol. The van der Waals surface area contributed by atoms with Gasteiger partial charge in [0, 0.05) is 0 Å². The summed E-state index contributed by atoms with van der Waals surface area (Å²) in [6, 6.07) is 9.65. The minimum atomic E-state index is -0.757. The summed E-state index contributed by atoms with van der Waals surface area (Å²) in [5.41, 5.74) is 1.23.